The summed E-state index contributed by atoms with van der Waals surface area (Å²) in [7, 11) is 3.62. The minimum Gasteiger partial charge on any atom is -0.466 e. The van der Waals surface area contributed by atoms with Crippen LogP contribution in [0.5, 0.6) is 0 Å². The summed E-state index contributed by atoms with van der Waals surface area (Å²) in [5.74, 6) is -0.133. The molecule has 0 radical (unpaired) electrons. The Balaban J connectivity index is 3.34. The second-order valence-electron chi connectivity index (χ2n) is 2.85. The van der Waals surface area contributed by atoms with E-state index in [9.17, 15) is 4.79 Å². The number of hydrogen-bond acceptors (Lipinski definition) is 4. The van der Waals surface area contributed by atoms with E-state index >= 15 is 0 Å². The number of rotatable bonds is 7. The fourth-order valence-corrected chi connectivity index (χ4v) is 0.874. The molecule has 0 unspecified atom stereocenters. The topological polar surface area (TPSA) is 38.8 Å². The molecule has 0 amide bonds. The predicted octanol–water partition coefficient (Wildman–Crippen LogP) is 0.518. The Morgan fingerprint density at radius 3 is 2.62 bits per heavy atom. The first-order chi connectivity index (χ1) is 6.20. The van der Waals surface area contributed by atoms with Gasteiger partial charge in [0.1, 0.15) is 0 Å². The molecule has 0 heterocycles. The number of nitrogens with zero attached hydrogens (tertiary/aromatic N) is 1. The third kappa shape index (κ3) is 7.74. The highest BCUT2D eigenvalue weighted by Gasteiger charge is 2.03. The van der Waals surface area contributed by atoms with Gasteiger partial charge in [0.2, 0.25) is 0 Å². The molecular formula is C9H19NO3. The number of carbonyl (C=O) groups is 1. The molecule has 0 aliphatic heterocycles. The molecule has 13 heavy (non-hydrogen) atoms. The molecule has 4 heteroatoms. The van der Waals surface area contributed by atoms with Gasteiger partial charge in [-0.3, -0.25) is 4.79 Å². The average molecular weight is 189 g/mol. The zero-order chi connectivity index (χ0) is 10.1. The average Bonchev–Trinajstić information content (AvgIpc) is 2.12. The molecule has 0 aromatic rings. The van der Waals surface area contributed by atoms with Crippen molar-refractivity contribution in [3.8, 4) is 0 Å². The van der Waals surface area contributed by atoms with Crippen LogP contribution in [0.25, 0.3) is 0 Å². The van der Waals surface area contributed by atoms with Crippen molar-refractivity contribution < 1.29 is 14.3 Å². The van der Waals surface area contributed by atoms with Gasteiger partial charge < -0.3 is 14.4 Å². The van der Waals surface area contributed by atoms with Gasteiger partial charge in [0, 0.05) is 20.2 Å². The van der Waals surface area contributed by atoms with Gasteiger partial charge in [0.25, 0.3) is 0 Å². The van der Waals surface area contributed by atoms with Gasteiger partial charge in [-0.25, -0.2) is 0 Å². The van der Waals surface area contributed by atoms with Crippen LogP contribution in [0.3, 0.4) is 0 Å². The highest BCUT2D eigenvalue weighted by molar-refractivity contribution is 5.69. The van der Waals surface area contributed by atoms with E-state index in [-0.39, 0.29) is 5.97 Å². The summed E-state index contributed by atoms with van der Waals surface area (Å²) in [5.41, 5.74) is 0. The van der Waals surface area contributed by atoms with E-state index < -0.39 is 0 Å². The molecule has 0 saturated carbocycles. The van der Waals surface area contributed by atoms with E-state index in [1.54, 1.807) is 7.11 Å². The molecule has 0 rings (SSSR count). The van der Waals surface area contributed by atoms with Crippen LogP contribution in [0.15, 0.2) is 0 Å². The van der Waals surface area contributed by atoms with Crippen LogP contribution in [0.4, 0.5) is 0 Å². The van der Waals surface area contributed by atoms with Crippen LogP contribution in [-0.4, -0.2) is 51.3 Å². The van der Waals surface area contributed by atoms with Crippen molar-refractivity contribution in [1.82, 2.24) is 4.90 Å². The van der Waals surface area contributed by atoms with Crippen molar-refractivity contribution in [2.45, 2.75) is 13.3 Å². The molecule has 0 bridgehead atoms. The Hall–Kier alpha value is -0.610. The monoisotopic (exact) mass is 189 g/mol. The highest BCUT2D eigenvalue weighted by atomic mass is 16.5. The first-order valence-corrected chi connectivity index (χ1v) is 4.53. The van der Waals surface area contributed by atoms with Crippen molar-refractivity contribution in [1.29, 1.82) is 0 Å². The normalized spacial score (nSPS) is 10.5. The zero-order valence-corrected chi connectivity index (χ0v) is 8.71. The molecule has 0 aliphatic rings. The number of methoxy groups -OCH3 is 1. The largest absolute Gasteiger partial charge is 0.466 e. The van der Waals surface area contributed by atoms with Crippen molar-refractivity contribution in [2.24, 2.45) is 0 Å². The summed E-state index contributed by atoms with van der Waals surface area (Å²) in [4.78, 5) is 13.0. The minimum absolute atomic E-state index is 0.133. The van der Waals surface area contributed by atoms with Crippen LogP contribution in [0, 0.1) is 0 Å². The summed E-state index contributed by atoms with van der Waals surface area (Å²) in [5, 5.41) is 0. The predicted molar refractivity (Wildman–Crippen MR) is 50.6 cm³/mol. The van der Waals surface area contributed by atoms with Crippen LogP contribution >= 0.6 is 0 Å². The highest BCUT2D eigenvalue weighted by Crippen LogP contribution is 1.90. The van der Waals surface area contributed by atoms with E-state index in [4.69, 9.17) is 9.47 Å². The molecule has 0 aromatic heterocycles. The SMILES string of the molecule is CCOC(=O)CCN(C)CCOC. The fraction of sp³-hybridized carbons (Fsp3) is 0.889. The van der Waals surface area contributed by atoms with Gasteiger partial charge in [0.15, 0.2) is 0 Å². The number of carbonyl (C=O) groups excluding carboxylic acids is 1. The lowest BCUT2D eigenvalue weighted by Crippen LogP contribution is -2.26. The van der Waals surface area contributed by atoms with E-state index in [0.717, 1.165) is 13.1 Å². The molecule has 0 aromatic carbocycles. The molecule has 4 nitrogen and oxygen atoms in total. The molecule has 0 spiro atoms. The van der Waals surface area contributed by atoms with Crippen LogP contribution in [-0.2, 0) is 14.3 Å². The molecule has 0 N–H and O–H groups in total. The van der Waals surface area contributed by atoms with E-state index in [1.165, 1.54) is 0 Å². The molecule has 0 aliphatic carbocycles. The summed E-state index contributed by atoms with van der Waals surface area (Å²) < 4.78 is 9.71. The number of ether oxygens (including phenoxy) is 2. The second kappa shape index (κ2) is 8.01. The summed E-state index contributed by atoms with van der Waals surface area (Å²) in [6.07, 6.45) is 0.452. The third-order valence-corrected chi connectivity index (χ3v) is 1.68. The Bertz CT molecular complexity index is 139. The Labute approximate surface area is 79.8 Å². The van der Waals surface area contributed by atoms with Crippen LogP contribution in [0.1, 0.15) is 13.3 Å². The summed E-state index contributed by atoms with van der Waals surface area (Å²) >= 11 is 0. The Morgan fingerprint density at radius 1 is 1.38 bits per heavy atom. The van der Waals surface area contributed by atoms with Crippen molar-refractivity contribution in [2.75, 3.05) is 40.5 Å². The summed E-state index contributed by atoms with van der Waals surface area (Å²) in [6, 6.07) is 0. The van der Waals surface area contributed by atoms with Crippen molar-refractivity contribution in [3.05, 3.63) is 0 Å². The van der Waals surface area contributed by atoms with Crippen molar-refractivity contribution >= 4 is 5.97 Å². The lowest BCUT2D eigenvalue weighted by Gasteiger charge is -2.14. The molecule has 0 atom stereocenters. The van der Waals surface area contributed by atoms with Crippen molar-refractivity contribution in [3.63, 3.8) is 0 Å². The fourth-order valence-electron chi connectivity index (χ4n) is 0.874. The maximum absolute atomic E-state index is 10.9. The minimum atomic E-state index is -0.133. The molecule has 0 fully saturated rings. The van der Waals surface area contributed by atoms with E-state index in [1.807, 2.05) is 18.9 Å². The zero-order valence-electron chi connectivity index (χ0n) is 8.71. The maximum Gasteiger partial charge on any atom is 0.307 e. The first-order valence-electron chi connectivity index (χ1n) is 4.53. The standard InChI is InChI=1S/C9H19NO3/c1-4-13-9(11)5-6-10(2)7-8-12-3/h4-8H2,1-3H3. The molecule has 0 saturated heterocycles. The Morgan fingerprint density at radius 2 is 2.08 bits per heavy atom. The number of esters is 1. The first kappa shape index (κ1) is 12.4. The van der Waals surface area contributed by atoms with Gasteiger partial charge >= 0.3 is 5.97 Å². The van der Waals surface area contributed by atoms with Gasteiger partial charge in [0.05, 0.1) is 19.6 Å². The lowest BCUT2D eigenvalue weighted by atomic mass is 10.4. The quantitative estimate of drug-likeness (QED) is 0.547. The van der Waals surface area contributed by atoms with E-state index in [2.05, 4.69) is 0 Å². The van der Waals surface area contributed by atoms with Gasteiger partial charge in [-0.2, -0.15) is 0 Å². The number of hydrogen-bond donors (Lipinski definition) is 0. The van der Waals surface area contributed by atoms with Gasteiger partial charge in [-0.05, 0) is 14.0 Å². The maximum atomic E-state index is 10.9. The van der Waals surface area contributed by atoms with Crippen LogP contribution < -0.4 is 0 Å². The third-order valence-electron chi connectivity index (χ3n) is 1.68. The number of likely N-dealkylation sites (N-methyl/N-ethyl adjacent to an activating group) is 1. The smallest absolute Gasteiger partial charge is 0.307 e. The molecule has 78 valence electrons. The second-order valence-corrected chi connectivity index (χ2v) is 2.85. The lowest BCUT2D eigenvalue weighted by molar-refractivity contribution is -0.143. The summed E-state index contributed by atoms with van der Waals surface area (Å²) in [6.45, 7) is 4.53. The Kier molecular flexibility index (Phi) is 7.63. The molecular weight excluding hydrogens is 170 g/mol. The van der Waals surface area contributed by atoms with Gasteiger partial charge in [-0.1, -0.05) is 0 Å². The van der Waals surface area contributed by atoms with Gasteiger partial charge in [-0.15, -0.1) is 0 Å². The van der Waals surface area contributed by atoms with Crippen LogP contribution in [0.2, 0.25) is 0 Å². The van der Waals surface area contributed by atoms with E-state index in [0.29, 0.717) is 19.6 Å².